The fraction of sp³-hybridized carbons (Fsp3) is 0.308. The highest BCUT2D eigenvalue weighted by molar-refractivity contribution is 6.32. The lowest BCUT2D eigenvalue weighted by Gasteiger charge is -2.11. The Morgan fingerprint density at radius 3 is 2.78 bits per heavy atom. The van der Waals surface area contributed by atoms with E-state index in [2.05, 4.69) is 10.4 Å². The van der Waals surface area contributed by atoms with E-state index in [4.69, 9.17) is 11.6 Å². The van der Waals surface area contributed by atoms with E-state index in [1.807, 2.05) is 20.9 Å². The van der Waals surface area contributed by atoms with E-state index in [0.29, 0.717) is 10.7 Å². The van der Waals surface area contributed by atoms with Crippen LogP contribution in [0.5, 0.6) is 0 Å². The molecule has 0 aliphatic rings. The lowest BCUT2D eigenvalue weighted by atomic mass is 10.1. The van der Waals surface area contributed by atoms with Gasteiger partial charge in [-0.2, -0.15) is 5.10 Å². The molecule has 2 aromatic rings. The number of para-hydroxylation sites is 1. The summed E-state index contributed by atoms with van der Waals surface area (Å²) in [4.78, 5) is 0. The Kier molecular flexibility index (Phi) is 3.68. The molecule has 2 rings (SSSR count). The van der Waals surface area contributed by atoms with Crippen molar-refractivity contribution in [1.82, 2.24) is 15.1 Å². The Balaban J connectivity index is 2.56. The van der Waals surface area contributed by atoms with E-state index in [1.54, 1.807) is 23.0 Å². The molecule has 18 heavy (non-hydrogen) atoms. The summed E-state index contributed by atoms with van der Waals surface area (Å²) in [7, 11) is 1.87. The molecule has 5 heteroatoms. The van der Waals surface area contributed by atoms with Crippen molar-refractivity contribution in [3.8, 4) is 5.69 Å². The first-order valence-corrected chi connectivity index (χ1v) is 6.10. The molecule has 0 bridgehead atoms. The third-order valence-electron chi connectivity index (χ3n) is 3.10. The van der Waals surface area contributed by atoms with Gasteiger partial charge in [0.2, 0.25) is 0 Å². The summed E-state index contributed by atoms with van der Waals surface area (Å²) in [6.45, 7) is 3.93. The summed E-state index contributed by atoms with van der Waals surface area (Å²) in [6, 6.07) is 4.77. The van der Waals surface area contributed by atoms with Crippen LogP contribution in [0.25, 0.3) is 5.69 Å². The van der Waals surface area contributed by atoms with Gasteiger partial charge in [-0.15, -0.1) is 0 Å². The summed E-state index contributed by atoms with van der Waals surface area (Å²) >= 11 is 6.04. The van der Waals surface area contributed by atoms with Crippen LogP contribution >= 0.6 is 11.6 Å². The fourth-order valence-electron chi connectivity index (χ4n) is 1.92. The van der Waals surface area contributed by atoms with Gasteiger partial charge < -0.3 is 5.32 Å². The Bertz CT molecular complexity index is 545. The number of halogens is 2. The van der Waals surface area contributed by atoms with Crippen LogP contribution in [0.15, 0.2) is 24.4 Å². The number of aromatic nitrogens is 2. The Morgan fingerprint density at radius 2 is 2.17 bits per heavy atom. The van der Waals surface area contributed by atoms with Crippen LogP contribution < -0.4 is 5.32 Å². The van der Waals surface area contributed by atoms with Gasteiger partial charge in [0.1, 0.15) is 11.5 Å². The molecule has 0 saturated heterocycles. The zero-order chi connectivity index (χ0) is 13.3. The van der Waals surface area contributed by atoms with Crippen molar-refractivity contribution >= 4 is 11.6 Å². The first-order valence-electron chi connectivity index (χ1n) is 5.72. The summed E-state index contributed by atoms with van der Waals surface area (Å²) in [5, 5.41) is 7.72. The number of rotatable bonds is 3. The number of hydrogen-bond donors (Lipinski definition) is 1. The van der Waals surface area contributed by atoms with Crippen molar-refractivity contribution < 1.29 is 4.39 Å². The lowest BCUT2D eigenvalue weighted by molar-refractivity contribution is 0.607. The van der Waals surface area contributed by atoms with E-state index >= 15 is 0 Å². The molecule has 0 aliphatic carbocycles. The van der Waals surface area contributed by atoms with Gasteiger partial charge in [0.15, 0.2) is 0 Å². The normalized spacial score (nSPS) is 12.7. The molecule has 1 aromatic carbocycles. The highest BCUT2D eigenvalue weighted by Gasteiger charge is 2.16. The molecule has 3 nitrogen and oxygen atoms in total. The van der Waals surface area contributed by atoms with Gasteiger partial charge in [0.25, 0.3) is 0 Å². The molecule has 1 atom stereocenters. The highest BCUT2D eigenvalue weighted by Crippen LogP contribution is 2.26. The average molecular weight is 268 g/mol. The maximum atomic E-state index is 13.8. The predicted octanol–water partition coefficient (Wildman–Crippen LogP) is 3.25. The molecule has 0 spiro atoms. The van der Waals surface area contributed by atoms with Crippen LogP contribution in [-0.2, 0) is 0 Å². The molecule has 1 N–H and O–H groups in total. The standard InChI is InChI=1S/C13H15ClFN3/c1-8(16-3)10-7-17-18(9(10)2)13-11(14)5-4-6-12(13)15/h4-8,16H,1-3H3. The smallest absolute Gasteiger partial charge is 0.150 e. The van der Waals surface area contributed by atoms with Crippen LogP contribution in [0.1, 0.15) is 24.2 Å². The maximum Gasteiger partial charge on any atom is 0.150 e. The minimum Gasteiger partial charge on any atom is -0.313 e. The van der Waals surface area contributed by atoms with Gasteiger partial charge in [0, 0.05) is 17.3 Å². The molecule has 0 aliphatic heterocycles. The van der Waals surface area contributed by atoms with Crippen LogP contribution in [0.2, 0.25) is 5.02 Å². The largest absolute Gasteiger partial charge is 0.313 e. The van der Waals surface area contributed by atoms with Crippen molar-refractivity contribution in [2.75, 3.05) is 7.05 Å². The number of benzene rings is 1. The molecule has 0 radical (unpaired) electrons. The van der Waals surface area contributed by atoms with Gasteiger partial charge in [-0.25, -0.2) is 9.07 Å². The zero-order valence-corrected chi connectivity index (χ0v) is 11.3. The van der Waals surface area contributed by atoms with Crippen molar-refractivity contribution in [3.63, 3.8) is 0 Å². The maximum absolute atomic E-state index is 13.8. The van der Waals surface area contributed by atoms with Crippen molar-refractivity contribution in [1.29, 1.82) is 0 Å². The van der Waals surface area contributed by atoms with Gasteiger partial charge >= 0.3 is 0 Å². The SMILES string of the molecule is CNC(C)c1cnn(-c2c(F)cccc2Cl)c1C. The van der Waals surface area contributed by atoms with Crippen molar-refractivity contribution in [2.45, 2.75) is 19.9 Å². The van der Waals surface area contributed by atoms with Crippen LogP contribution in [0.4, 0.5) is 4.39 Å². The summed E-state index contributed by atoms with van der Waals surface area (Å²) in [6.07, 6.45) is 1.74. The van der Waals surface area contributed by atoms with Gasteiger partial charge in [-0.1, -0.05) is 17.7 Å². The minimum atomic E-state index is -0.377. The van der Waals surface area contributed by atoms with E-state index in [0.717, 1.165) is 11.3 Å². The van der Waals surface area contributed by atoms with E-state index in [1.165, 1.54) is 6.07 Å². The molecular weight excluding hydrogens is 253 g/mol. The topological polar surface area (TPSA) is 29.9 Å². The summed E-state index contributed by atoms with van der Waals surface area (Å²) in [5.74, 6) is -0.377. The van der Waals surface area contributed by atoms with Gasteiger partial charge in [-0.05, 0) is 33.0 Å². The Morgan fingerprint density at radius 1 is 1.44 bits per heavy atom. The monoisotopic (exact) mass is 267 g/mol. The molecular formula is C13H15ClFN3. The third kappa shape index (κ3) is 2.13. The van der Waals surface area contributed by atoms with Crippen molar-refractivity contribution in [3.05, 3.63) is 46.5 Å². The van der Waals surface area contributed by atoms with Crippen LogP contribution in [0.3, 0.4) is 0 Å². The average Bonchev–Trinajstić information content (AvgIpc) is 2.71. The lowest BCUT2D eigenvalue weighted by Crippen LogP contribution is -2.13. The number of nitrogens with one attached hydrogen (secondary N) is 1. The second-order valence-electron chi connectivity index (χ2n) is 4.18. The van der Waals surface area contributed by atoms with Crippen LogP contribution in [0, 0.1) is 12.7 Å². The number of nitrogens with zero attached hydrogens (tertiary/aromatic N) is 2. The van der Waals surface area contributed by atoms with Gasteiger partial charge in [-0.3, -0.25) is 0 Å². The van der Waals surface area contributed by atoms with Crippen LogP contribution in [-0.4, -0.2) is 16.8 Å². The Hall–Kier alpha value is -1.39. The number of hydrogen-bond acceptors (Lipinski definition) is 2. The first-order chi connectivity index (χ1) is 8.56. The highest BCUT2D eigenvalue weighted by atomic mass is 35.5. The minimum absolute atomic E-state index is 0.157. The molecule has 1 heterocycles. The van der Waals surface area contributed by atoms with E-state index < -0.39 is 0 Å². The first kappa shape index (κ1) is 13.1. The second kappa shape index (κ2) is 5.08. The molecule has 0 amide bonds. The quantitative estimate of drug-likeness (QED) is 0.925. The zero-order valence-electron chi connectivity index (χ0n) is 10.5. The van der Waals surface area contributed by atoms with E-state index in [9.17, 15) is 4.39 Å². The summed E-state index contributed by atoms with van der Waals surface area (Å²) < 4.78 is 15.4. The molecule has 96 valence electrons. The fourth-order valence-corrected chi connectivity index (χ4v) is 2.16. The molecule has 1 unspecified atom stereocenters. The molecule has 1 aromatic heterocycles. The van der Waals surface area contributed by atoms with Gasteiger partial charge in [0.05, 0.1) is 11.2 Å². The third-order valence-corrected chi connectivity index (χ3v) is 3.40. The predicted molar refractivity (Wildman–Crippen MR) is 70.7 cm³/mol. The molecule has 0 saturated carbocycles. The molecule has 0 fully saturated rings. The summed E-state index contributed by atoms with van der Waals surface area (Å²) in [5.41, 5.74) is 2.20. The van der Waals surface area contributed by atoms with Crippen molar-refractivity contribution in [2.24, 2.45) is 0 Å². The van der Waals surface area contributed by atoms with E-state index in [-0.39, 0.29) is 11.9 Å². The Labute approximate surface area is 111 Å². The second-order valence-corrected chi connectivity index (χ2v) is 4.58.